The van der Waals surface area contributed by atoms with Crippen molar-refractivity contribution in [1.29, 1.82) is 0 Å². The Morgan fingerprint density at radius 1 is 1.42 bits per heavy atom. The van der Waals surface area contributed by atoms with E-state index < -0.39 is 11.9 Å². The van der Waals surface area contributed by atoms with Crippen LogP contribution in [0.15, 0.2) is 12.1 Å². The first-order valence-corrected chi connectivity index (χ1v) is 8.06. The smallest absolute Gasteiger partial charge is 0.322 e. The van der Waals surface area contributed by atoms with Crippen LogP contribution in [0.2, 0.25) is 0 Å². The second-order valence-corrected chi connectivity index (χ2v) is 6.12. The van der Waals surface area contributed by atoms with Gasteiger partial charge in [-0.3, -0.25) is 4.90 Å². The van der Waals surface area contributed by atoms with Crippen LogP contribution in [0.4, 0.5) is 25.4 Å². The molecule has 1 atom stereocenters. The van der Waals surface area contributed by atoms with Gasteiger partial charge in [-0.25, -0.2) is 14.0 Å². The van der Waals surface area contributed by atoms with E-state index in [1.165, 1.54) is 17.0 Å². The summed E-state index contributed by atoms with van der Waals surface area (Å²) < 4.78 is 14.2. The third-order valence-electron chi connectivity index (χ3n) is 4.43. The molecule has 2 heterocycles. The fourth-order valence-electron chi connectivity index (χ4n) is 3.15. The van der Waals surface area contributed by atoms with Gasteiger partial charge in [0.05, 0.1) is 11.8 Å². The molecule has 2 aliphatic heterocycles. The monoisotopic (exact) mass is 336 g/mol. The van der Waals surface area contributed by atoms with E-state index in [-0.39, 0.29) is 24.3 Å². The lowest BCUT2D eigenvalue weighted by Crippen LogP contribution is -2.44. The molecular formula is C16H21FN4O3. The molecule has 0 aliphatic carbocycles. The van der Waals surface area contributed by atoms with E-state index in [4.69, 9.17) is 0 Å². The van der Waals surface area contributed by atoms with Crippen LogP contribution >= 0.6 is 0 Å². The number of piperidine rings is 1. The standard InChI is InChI=1S/C16H21FN4O3/c1-10-13(19-16(24)20-7-2-3-11(22)9-20)5-4-12(17)14(10)21-8-6-18-15(21)23/h4-5,11,22H,2-3,6-9H2,1H3,(H,18,23)(H,19,24)/t11-/m0/s1. The number of nitrogens with one attached hydrogen (secondary N) is 2. The highest BCUT2D eigenvalue weighted by Gasteiger charge is 2.28. The highest BCUT2D eigenvalue weighted by molar-refractivity contribution is 5.97. The Labute approximate surface area is 139 Å². The minimum Gasteiger partial charge on any atom is -0.391 e. The summed E-state index contributed by atoms with van der Waals surface area (Å²) in [4.78, 5) is 27.1. The number of carbonyl (C=O) groups excluding carboxylic acids is 2. The van der Waals surface area contributed by atoms with Gasteiger partial charge in [-0.2, -0.15) is 0 Å². The fraction of sp³-hybridized carbons (Fsp3) is 0.500. The maximum atomic E-state index is 14.2. The molecule has 0 saturated carbocycles. The van der Waals surface area contributed by atoms with E-state index >= 15 is 0 Å². The number of β-amino-alcohol motifs (C(OH)–C–C–N with tert-alkyl or cyclic N) is 1. The van der Waals surface area contributed by atoms with E-state index in [1.807, 2.05) is 0 Å². The van der Waals surface area contributed by atoms with E-state index in [2.05, 4.69) is 10.6 Å². The van der Waals surface area contributed by atoms with Crippen molar-refractivity contribution in [3.05, 3.63) is 23.5 Å². The summed E-state index contributed by atoms with van der Waals surface area (Å²) in [6.45, 7) is 3.37. The van der Waals surface area contributed by atoms with Crippen LogP contribution in [0.5, 0.6) is 0 Å². The van der Waals surface area contributed by atoms with Gasteiger partial charge in [-0.1, -0.05) is 0 Å². The van der Waals surface area contributed by atoms with Crippen LogP contribution in [0, 0.1) is 12.7 Å². The molecule has 1 aromatic carbocycles. The molecule has 0 unspecified atom stereocenters. The third-order valence-corrected chi connectivity index (χ3v) is 4.43. The number of hydrogen-bond donors (Lipinski definition) is 3. The first-order chi connectivity index (χ1) is 11.5. The number of aliphatic hydroxyl groups is 1. The summed E-state index contributed by atoms with van der Waals surface area (Å²) in [5.74, 6) is -0.504. The van der Waals surface area contributed by atoms with Gasteiger partial charge in [0.2, 0.25) is 0 Å². The number of hydrogen-bond acceptors (Lipinski definition) is 3. The quantitative estimate of drug-likeness (QED) is 0.768. The summed E-state index contributed by atoms with van der Waals surface area (Å²) in [5.41, 5.74) is 1.13. The summed E-state index contributed by atoms with van der Waals surface area (Å²) in [6.07, 6.45) is 0.923. The Kier molecular flexibility index (Phi) is 4.57. The third kappa shape index (κ3) is 3.14. The Balaban J connectivity index is 1.81. The predicted octanol–water partition coefficient (Wildman–Crippen LogP) is 1.65. The Morgan fingerprint density at radius 3 is 2.88 bits per heavy atom. The number of amides is 4. The molecule has 0 radical (unpaired) electrons. The molecule has 3 N–H and O–H groups in total. The zero-order valence-electron chi connectivity index (χ0n) is 13.5. The van der Waals surface area contributed by atoms with Gasteiger partial charge in [0, 0.05) is 31.9 Å². The lowest BCUT2D eigenvalue weighted by Gasteiger charge is -2.30. The van der Waals surface area contributed by atoms with Gasteiger partial charge in [0.15, 0.2) is 0 Å². The molecule has 0 spiro atoms. The maximum absolute atomic E-state index is 14.2. The number of carbonyl (C=O) groups is 2. The van der Waals surface area contributed by atoms with Crippen LogP contribution in [0.25, 0.3) is 0 Å². The van der Waals surface area contributed by atoms with Crippen LogP contribution < -0.4 is 15.5 Å². The number of likely N-dealkylation sites (tertiary alicyclic amines) is 1. The van der Waals surface area contributed by atoms with Gasteiger partial charge < -0.3 is 20.6 Å². The Bertz CT molecular complexity index is 667. The topological polar surface area (TPSA) is 84.9 Å². The lowest BCUT2D eigenvalue weighted by molar-refractivity contribution is 0.0883. The molecule has 130 valence electrons. The fourth-order valence-corrected chi connectivity index (χ4v) is 3.15. The van der Waals surface area contributed by atoms with Crippen LogP contribution in [0.3, 0.4) is 0 Å². The number of anilines is 2. The zero-order chi connectivity index (χ0) is 17.3. The van der Waals surface area contributed by atoms with Gasteiger partial charge >= 0.3 is 12.1 Å². The van der Waals surface area contributed by atoms with Crippen molar-refractivity contribution < 1.29 is 19.1 Å². The highest BCUT2D eigenvalue weighted by Crippen LogP contribution is 2.31. The number of aliphatic hydroxyl groups excluding tert-OH is 1. The molecule has 8 heteroatoms. The molecule has 2 aliphatic rings. The summed E-state index contributed by atoms with van der Waals surface area (Å²) in [5, 5.41) is 15.1. The molecule has 0 aromatic heterocycles. The molecule has 24 heavy (non-hydrogen) atoms. The van der Waals surface area contributed by atoms with Crippen LogP contribution in [0.1, 0.15) is 18.4 Å². The van der Waals surface area contributed by atoms with Crippen molar-refractivity contribution in [2.24, 2.45) is 0 Å². The predicted molar refractivity (Wildman–Crippen MR) is 87.7 cm³/mol. The van der Waals surface area contributed by atoms with Gasteiger partial charge in [0.1, 0.15) is 5.82 Å². The number of benzene rings is 1. The molecule has 7 nitrogen and oxygen atoms in total. The van der Waals surface area contributed by atoms with Crippen molar-refractivity contribution in [3.63, 3.8) is 0 Å². The van der Waals surface area contributed by atoms with Gasteiger partial charge in [-0.05, 0) is 37.5 Å². The van der Waals surface area contributed by atoms with E-state index in [0.29, 0.717) is 37.3 Å². The molecule has 4 amide bonds. The van der Waals surface area contributed by atoms with Crippen LogP contribution in [-0.2, 0) is 0 Å². The summed E-state index contributed by atoms with van der Waals surface area (Å²) in [6, 6.07) is 2.05. The minimum atomic E-state index is -0.511. The molecule has 0 bridgehead atoms. The first kappa shape index (κ1) is 16.5. The second-order valence-electron chi connectivity index (χ2n) is 6.12. The number of nitrogens with zero attached hydrogens (tertiary/aromatic N) is 2. The minimum absolute atomic E-state index is 0.182. The molecule has 2 saturated heterocycles. The van der Waals surface area contributed by atoms with E-state index in [1.54, 1.807) is 11.8 Å². The molecule has 3 rings (SSSR count). The zero-order valence-corrected chi connectivity index (χ0v) is 13.5. The van der Waals surface area contributed by atoms with Crippen LogP contribution in [-0.4, -0.2) is 54.4 Å². The van der Waals surface area contributed by atoms with Gasteiger partial charge in [-0.15, -0.1) is 0 Å². The van der Waals surface area contributed by atoms with E-state index in [0.717, 1.165) is 6.42 Å². The van der Waals surface area contributed by atoms with E-state index in [9.17, 15) is 19.1 Å². The summed E-state index contributed by atoms with van der Waals surface area (Å²) >= 11 is 0. The molecule has 2 fully saturated rings. The number of halogens is 1. The average molecular weight is 336 g/mol. The van der Waals surface area contributed by atoms with Crippen molar-refractivity contribution in [2.45, 2.75) is 25.9 Å². The van der Waals surface area contributed by atoms with Crippen molar-refractivity contribution in [3.8, 4) is 0 Å². The Morgan fingerprint density at radius 2 is 2.21 bits per heavy atom. The first-order valence-electron chi connectivity index (χ1n) is 8.06. The maximum Gasteiger partial charge on any atom is 0.322 e. The molecule has 1 aromatic rings. The lowest BCUT2D eigenvalue weighted by atomic mass is 10.1. The largest absolute Gasteiger partial charge is 0.391 e. The normalized spacial score (nSPS) is 21.0. The van der Waals surface area contributed by atoms with Crippen molar-refractivity contribution in [1.82, 2.24) is 10.2 Å². The highest BCUT2D eigenvalue weighted by atomic mass is 19.1. The second kappa shape index (κ2) is 6.64. The summed E-state index contributed by atoms with van der Waals surface area (Å²) in [7, 11) is 0. The van der Waals surface area contributed by atoms with Crippen molar-refractivity contribution >= 4 is 23.4 Å². The van der Waals surface area contributed by atoms with Gasteiger partial charge in [0.25, 0.3) is 0 Å². The number of urea groups is 2. The Hall–Kier alpha value is -2.35. The molecular weight excluding hydrogens is 315 g/mol. The average Bonchev–Trinajstić information content (AvgIpc) is 2.96. The van der Waals surface area contributed by atoms with Crippen molar-refractivity contribution in [2.75, 3.05) is 36.4 Å². The SMILES string of the molecule is Cc1c(NC(=O)N2CCC[C@H](O)C2)ccc(F)c1N1CCNC1=O. The number of rotatable bonds is 2.